The lowest BCUT2D eigenvalue weighted by molar-refractivity contribution is -0.117. The van der Waals surface area contributed by atoms with Gasteiger partial charge in [-0.15, -0.1) is 0 Å². The minimum Gasteiger partial charge on any atom is -0.366 e. The van der Waals surface area contributed by atoms with Gasteiger partial charge in [-0.1, -0.05) is 11.6 Å². The van der Waals surface area contributed by atoms with Crippen molar-refractivity contribution in [2.24, 2.45) is 5.73 Å². The Labute approximate surface area is 122 Å². The zero-order valence-corrected chi connectivity index (χ0v) is 11.7. The van der Waals surface area contributed by atoms with Crippen LogP contribution in [0.15, 0.2) is 18.2 Å². The van der Waals surface area contributed by atoms with Crippen LogP contribution in [0.1, 0.15) is 10.4 Å². The number of nitrogens with one attached hydrogen (secondary N) is 2. The first-order chi connectivity index (χ1) is 9.56. The fourth-order valence-corrected chi connectivity index (χ4v) is 2.28. The van der Waals surface area contributed by atoms with Crippen LogP contribution in [0.4, 0.5) is 5.69 Å². The van der Waals surface area contributed by atoms with E-state index in [-0.39, 0.29) is 16.5 Å². The average molecular weight is 297 g/mol. The molecule has 1 aromatic rings. The number of hydrogen-bond donors (Lipinski definition) is 3. The molecule has 0 atom stereocenters. The summed E-state index contributed by atoms with van der Waals surface area (Å²) in [6.07, 6.45) is 0. The van der Waals surface area contributed by atoms with Gasteiger partial charge in [-0.25, -0.2) is 0 Å². The van der Waals surface area contributed by atoms with Gasteiger partial charge in [0.1, 0.15) is 0 Å². The quantitative estimate of drug-likeness (QED) is 0.745. The van der Waals surface area contributed by atoms with Crippen molar-refractivity contribution in [3.63, 3.8) is 0 Å². The van der Waals surface area contributed by atoms with Gasteiger partial charge in [0.25, 0.3) is 0 Å². The van der Waals surface area contributed by atoms with Crippen molar-refractivity contribution in [1.29, 1.82) is 0 Å². The van der Waals surface area contributed by atoms with Gasteiger partial charge in [0.15, 0.2) is 0 Å². The second-order valence-corrected chi connectivity index (χ2v) is 5.04. The Morgan fingerprint density at radius 2 is 2.05 bits per heavy atom. The van der Waals surface area contributed by atoms with Gasteiger partial charge in [0.2, 0.25) is 11.8 Å². The number of amides is 2. The standard InChI is InChI=1S/C13H17ClN4O2/c14-11-2-1-9(7-10(11)13(15)20)17-12(19)8-18-5-3-16-4-6-18/h1-2,7,16H,3-6,8H2,(H2,15,20)(H,17,19). The molecule has 1 fully saturated rings. The number of piperazine rings is 1. The highest BCUT2D eigenvalue weighted by Crippen LogP contribution is 2.20. The SMILES string of the molecule is NC(=O)c1cc(NC(=O)CN2CCNCC2)ccc1Cl. The molecule has 2 rings (SSSR count). The Kier molecular flexibility index (Phi) is 4.94. The molecular weight excluding hydrogens is 280 g/mol. The minimum absolute atomic E-state index is 0.121. The van der Waals surface area contributed by atoms with Gasteiger partial charge in [-0.2, -0.15) is 0 Å². The van der Waals surface area contributed by atoms with Crippen molar-refractivity contribution in [3.05, 3.63) is 28.8 Å². The van der Waals surface area contributed by atoms with E-state index < -0.39 is 5.91 Å². The number of rotatable bonds is 4. The fourth-order valence-electron chi connectivity index (χ4n) is 2.06. The summed E-state index contributed by atoms with van der Waals surface area (Å²) < 4.78 is 0. The highest BCUT2D eigenvalue weighted by Gasteiger charge is 2.14. The first kappa shape index (κ1) is 14.8. The van der Waals surface area contributed by atoms with Gasteiger partial charge in [0, 0.05) is 31.9 Å². The number of nitrogens with two attached hydrogens (primary N) is 1. The van der Waals surface area contributed by atoms with Crippen molar-refractivity contribution in [3.8, 4) is 0 Å². The smallest absolute Gasteiger partial charge is 0.250 e. The lowest BCUT2D eigenvalue weighted by Crippen LogP contribution is -2.46. The summed E-state index contributed by atoms with van der Waals surface area (Å²) >= 11 is 5.85. The van der Waals surface area contributed by atoms with Gasteiger partial charge < -0.3 is 16.4 Å². The van der Waals surface area contributed by atoms with Crippen LogP contribution >= 0.6 is 11.6 Å². The highest BCUT2D eigenvalue weighted by molar-refractivity contribution is 6.33. The van der Waals surface area contributed by atoms with Crippen LogP contribution in [-0.2, 0) is 4.79 Å². The van der Waals surface area contributed by atoms with Gasteiger partial charge in [-0.3, -0.25) is 14.5 Å². The van der Waals surface area contributed by atoms with Crippen LogP contribution in [0.5, 0.6) is 0 Å². The molecule has 1 saturated heterocycles. The molecule has 0 spiro atoms. The van der Waals surface area contributed by atoms with E-state index in [1.54, 1.807) is 12.1 Å². The van der Waals surface area contributed by atoms with Crippen molar-refractivity contribution in [2.75, 3.05) is 38.0 Å². The van der Waals surface area contributed by atoms with Crippen molar-refractivity contribution < 1.29 is 9.59 Å². The van der Waals surface area contributed by atoms with Gasteiger partial charge >= 0.3 is 0 Å². The number of carbonyl (C=O) groups excluding carboxylic acids is 2. The van der Waals surface area contributed by atoms with Crippen LogP contribution in [0, 0.1) is 0 Å². The predicted molar refractivity (Wildman–Crippen MR) is 77.9 cm³/mol. The number of carbonyl (C=O) groups is 2. The van der Waals surface area contributed by atoms with Gasteiger partial charge in [-0.05, 0) is 18.2 Å². The van der Waals surface area contributed by atoms with E-state index >= 15 is 0 Å². The van der Waals surface area contributed by atoms with Crippen LogP contribution in [0.25, 0.3) is 0 Å². The molecule has 1 heterocycles. The number of anilines is 1. The average Bonchev–Trinajstić information content (AvgIpc) is 2.41. The molecular formula is C13H17ClN4O2. The summed E-state index contributed by atoms with van der Waals surface area (Å²) in [4.78, 5) is 25.2. The van der Waals surface area contributed by atoms with Crippen molar-refractivity contribution >= 4 is 29.1 Å². The first-order valence-corrected chi connectivity index (χ1v) is 6.76. The third-order valence-electron chi connectivity index (χ3n) is 3.09. The van der Waals surface area contributed by atoms with Gasteiger partial charge in [0.05, 0.1) is 17.1 Å². The number of halogens is 1. The molecule has 108 valence electrons. The molecule has 1 aliphatic heterocycles. The Balaban J connectivity index is 1.96. The van der Waals surface area contributed by atoms with E-state index in [4.69, 9.17) is 17.3 Å². The number of nitrogens with zero attached hydrogens (tertiary/aromatic N) is 1. The van der Waals surface area contributed by atoms with E-state index in [9.17, 15) is 9.59 Å². The third-order valence-corrected chi connectivity index (χ3v) is 3.42. The number of benzene rings is 1. The molecule has 0 bridgehead atoms. The van der Waals surface area contributed by atoms with Crippen LogP contribution in [0.3, 0.4) is 0 Å². The molecule has 20 heavy (non-hydrogen) atoms. The molecule has 4 N–H and O–H groups in total. The largest absolute Gasteiger partial charge is 0.366 e. The highest BCUT2D eigenvalue weighted by atomic mass is 35.5. The Bertz CT molecular complexity index is 515. The number of hydrogen-bond acceptors (Lipinski definition) is 4. The van der Waals surface area contributed by atoms with E-state index in [1.165, 1.54) is 6.07 Å². The topological polar surface area (TPSA) is 87.5 Å². The molecule has 2 amide bonds. The fraction of sp³-hybridized carbons (Fsp3) is 0.385. The summed E-state index contributed by atoms with van der Waals surface area (Å²) in [6, 6.07) is 4.67. The molecule has 1 aliphatic rings. The zero-order chi connectivity index (χ0) is 14.5. The monoisotopic (exact) mass is 296 g/mol. The van der Waals surface area contributed by atoms with Crippen LogP contribution < -0.4 is 16.4 Å². The normalized spacial score (nSPS) is 15.8. The van der Waals surface area contributed by atoms with E-state index in [0.717, 1.165) is 26.2 Å². The predicted octanol–water partition coefficient (Wildman–Crippen LogP) is 0.283. The lowest BCUT2D eigenvalue weighted by atomic mass is 10.2. The third kappa shape index (κ3) is 3.93. The van der Waals surface area contributed by atoms with E-state index in [0.29, 0.717) is 12.2 Å². The summed E-state index contributed by atoms with van der Waals surface area (Å²) in [5.74, 6) is -0.738. The molecule has 6 nitrogen and oxygen atoms in total. The van der Waals surface area contributed by atoms with E-state index in [2.05, 4.69) is 15.5 Å². The molecule has 0 radical (unpaired) electrons. The molecule has 0 unspecified atom stereocenters. The molecule has 1 aromatic carbocycles. The Morgan fingerprint density at radius 3 is 2.70 bits per heavy atom. The zero-order valence-electron chi connectivity index (χ0n) is 11.0. The van der Waals surface area contributed by atoms with Crippen molar-refractivity contribution in [1.82, 2.24) is 10.2 Å². The van der Waals surface area contributed by atoms with Crippen LogP contribution in [-0.4, -0.2) is 49.4 Å². The summed E-state index contributed by atoms with van der Waals surface area (Å²) in [7, 11) is 0. The second kappa shape index (κ2) is 6.69. The Morgan fingerprint density at radius 1 is 1.35 bits per heavy atom. The lowest BCUT2D eigenvalue weighted by Gasteiger charge is -2.26. The minimum atomic E-state index is -0.617. The summed E-state index contributed by atoms with van der Waals surface area (Å²) in [6.45, 7) is 3.80. The number of primary amides is 1. The molecule has 7 heteroatoms. The van der Waals surface area contributed by atoms with E-state index in [1.807, 2.05) is 0 Å². The van der Waals surface area contributed by atoms with Crippen molar-refractivity contribution in [2.45, 2.75) is 0 Å². The molecule has 0 saturated carbocycles. The summed E-state index contributed by atoms with van der Waals surface area (Å²) in [5.41, 5.74) is 5.93. The maximum Gasteiger partial charge on any atom is 0.250 e. The maximum absolute atomic E-state index is 11.9. The maximum atomic E-state index is 11.9. The Hall–Kier alpha value is -1.63. The summed E-state index contributed by atoms with van der Waals surface area (Å²) in [5, 5.41) is 6.24. The first-order valence-electron chi connectivity index (χ1n) is 6.38. The van der Waals surface area contributed by atoms with Crippen LogP contribution in [0.2, 0.25) is 5.02 Å². The molecule has 0 aromatic heterocycles. The second-order valence-electron chi connectivity index (χ2n) is 4.63. The molecule has 0 aliphatic carbocycles.